The van der Waals surface area contributed by atoms with Crippen LogP contribution in [0.15, 0.2) is 60.8 Å². The van der Waals surface area contributed by atoms with Crippen molar-refractivity contribution in [3.05, 3.63) is 99.6 Å². The van der Waals surface area contributed by atoms with Crippen molar-refractivity contribution in [3.63, 3.8) is 0 Å². The standard InChI is InChI=1S/C27H26ClFN4O/c1-19-23(3-2-4-24(19)28)26(34)32-16-21-9-12-31-25(15-21)27(18-30)10-13-33(14-11-27)17-20-5-7-22(29)8-6-20/h2-9,12,15H,10-11,13-14,16-17H2,1H3,(H,32,34). The molecule has 0 aliphatic carbocycles. The zero-order chi connectivity index (χ0) is 24.1. The molecule has 1 N–H and O–H groups in total. The van der Waals surface area contributed by atoms with Gasteiger partial charge >= 0.3 is 0 Å². The van der Waals surface area contributed by atoms with Crippen LogP contribution >= 0.6 is 11.6 Å². The van der Waals surface area contributed by atoms with E-state index in [9.17, 15) is 14.4 Å². The van der Waals surface area contributed by atoms with Crippen molar-refractivity contribution in [2.75, 3.05) is 13.1 Å². The molecule has 1 aliphatic heterocycles. The SMILES string of the molecule is Cc1c(Cl)cccc1C(=O)NCc1ccnc(C2(C#N)CCN(Cc3ccc(F)cc3)CC2)c1. The largest absolute Gasteiger partial charge is 0.348 e. The number of aromatic nitrogens is 1. The second-order valence-electron chi connectivity index (χ2n) is 8.74. The van der Waals surface area contributed by atoms with E-state index in [2.05, 4.69) is 21.3 Å². The number of hydrogen-bond acceptors (Lipinski definition) is 4. The van der Waals surface area contributed by atoms with Crippen LogP contribution in [0.25, 0.3) is 0 Å². The number of nitrogens with zero attached hydrogens (tertiary/aromatic N) is 3. The summed E-state index contributed by atoms with van der Waals surface area (Å²) in [5.41, 5.74) is 3.31. The number of nitrogens with one attached hydrogen (secondary N) is 1. The van der Waals surface area contributed by atoms with E-state index < -0.39 is 5.41 Å². The third kappa shape index (κ3) is 5.27. The van der Waals surface area contributed by atoms with Crippen molar-refractivity contribution in [1.29, 1.82) is 5.26 Å². The van der Waals surface area contributed by atoms with Gasteiger partial charge in [-0.05, 0) is 72.9 Å². The molecule has 0 atom stereocenters. The molecule has 0 radical (unpaired) electrons. The molecule has 34 heavy (non-hydrogen) atoms. The summed E-state index contributed by atoms with van der Waals surface area (Å²) in [4.78, 5) is 19.4. The third-order valence-electron chi connectivity index (χ3n) is 6.52. The molecule has 0 spiro atoms. The van der Waals surface area contributed by atoms with E-state index in [1.807, 2.05) is 19.1 Å². The first-order valence-electron chi connectivity index (χ1n) is 11.3. The number of benzene rings is 2. The molecule has 1 fully saturated rings. The summed E-state index contributed by atoms with van der Waals surface area (Å²) in [5, 5.41) is 13.6. The van der Waals surface area contributed by atoms with Gasteiger partial charge in [-0.1, -0.05) is 29.8 Å². The number of nitriles is 1. The van der Waals surface area contributed by atoms with Crippen molar-refractivity contribution in [2.45, 2.75) is 38.3 Å². The van der Waals surface area contributed by atoms with Crippen LogP contribution in [0.3, 0.4) is 0 Å². The first-order valence-corrected chi connectivity index (χ1v) is 11.6. The fourth-order valence-corrected chi connectivity index (χ4v) is 4.52. The lowest BCUT2D eigenvalue weighted by Crippen LogP contribution is -2.42. The summed E-state index contributed by atoms with van der Waals surface area (Å²) in [6, 6.07) is 18.1. The molecule has 0 saturated carbocycles. The second-order valence-corrected chi connectivity index (χ2v) is 9.15. The Morgan fingerprint density at radius 1 is 1.18 bits per heavy atom. The summed E-state index contributed by atoms with van der Waals surface area (Å²) < 4.78 is 13.2. The highest BCUT2D eigenvalue weighted by Crippen LogP contribution is 2.34. The molecule has 5 nitrogen and oxygen atoms in total. The summed E-state index contributed by atoms with van der Waals surface area (Å²) in [6.45, 7) is 4.38. The summed E-state index contributed by atoms with van der Waals surface area (Å²) in [7, 11) is 0. The Hall–Kier alpha value is -3.27. The zero-order valence-electron chi connectivity index (χ0n) is 19.0. The molecule has 2 aromatic carbocycles. The Kier molecular flexibility index (Phi) is 7.26. The van der Waals surface area contributed by atoms with Gasteiger partial charge < -0.3 is 5.32 Å². The van der Waals surface area contributed by atoms with Crippen LogP contribution < -0.4 is 5.32 Å². The van der Waals surface area contributed by atoms with Crippen LogP contribution in [0, 0.1) is 24.1 Å². The molecular formula is C27H26ClFN4O. The predicted molar refractivity (Wildman–Crippen MR) is 130 cm³/mol. The van der Waals surface area contributed by atoms with Crippen LogP contribution in [0.2, 0.25) is 5.02 Å². The number of piperidine rings is 1. The number of carbonyl (C=O) groups is 1. The van der Waals surface area contributed by atoms with Crippen LogP contribution in [-0.2, 0) is 18.5 Å². The molecule has 1 amide bonds. The van der Waals surface area contributed by atoms with Gasteiger partial charge in [0.2, 0.25) is 0 Å². The maximum atomic E-state index is 13.2. The number of pyridine rings is 1. The van der Waals surface area contributed by atoms with Crippen molar-refractivity contribution in [3.8, 4) is 6.07 Å². The van der Waals surface area contributed by atoms with Gasteiger partial charge in [-0.3, -0.25) is 14.7 Å². The van der Waals surface area contributed by atoms with Gasteiger partial charge in [0.25, 0.3) is 5.91 Å². The van der Waals surface area contributed by atoms with E-state index in [1.54, 1.807) is 36.5 Å². The van der Waals surface area contributed by atoms with E-state index in [1.165, 1.54) is 12.1 Å². The van der Waals surface area contributed by atoms with Gasteiger partial charge in [-0.2, -0.15) is 5.26 Å². The summed E-state index contributed by atoms with van der Waals surface area (Å²) in [5.74, 6) is -0.432. The summed E-state index contributed by atoms with van der Waals surface area (Å²) in [6.07, 6.45) is 3.02. The molecule has 0 unspecified atom stereocenters. The lowest BCUT2D eigenvalue weighted by molar-refractivity contribution is 0.0950. The van der Waals surface area contributed by atoms with Crippen molar-refractivity contribution >= 4 is 17.5 Å². The fraction of sp³-hybridized carbons (Fsp3) is 0.296. The first kappa shape index (κ1) is 23.9. The Balaban J connectivity index is 1.41. The summed E-state index contributed by atoms with van der Waals surface area (Å²) >= 11 is 6.14. The highest BCUT2D eigenvalue weighted by molar-refractivity contribution is 6.31. The molecule has 1 aromatic heterocycles. The third-order valence-corrected chi connectivity index (χ3v) is 6.93. The predicted octanol–water partition coefficient (Wildman–Crippen LogP) is 5.17. The number of hydrogen-bond donors (Lipinski definition) is 1. The minimum Gasteiger partial charge on any atom is -0.348 e. The van der Waals surface area contributed by atoms with Gasteiger partial charge in [0.05, 0.1) is 11.8 Å². The molecular weight excluding hydrogens is 451 g/mol. The molecule has 174 valence electrons. The van der Waals surface area contributed by atoms with Gasteiger partial charge in [0.15, 0.2) is 0 Å². The van der Waals surface area contributed by atoms with Gasteiger partial charge in [0.1, 0.15) is 11.2 Å². The maximum Gasteiger partial charge on any atom is 0.251 e. The van der Waals surface area contributed by atoms with Crippen LogP contribution in [-0.4, -0.2) is 28.9 Å². The minimum atomic E-state index is -0.664. The van der Waals surface area contributed by atoms with Gasteiger partial charge in [-0.25, -0.2) is 4.39 Å². The van der Waals surface area contributed by atoms with Gasteiger partial charge in [-0.15, -0.1) is 0 Å². The van der Waals surface area contributed by atoms with E-state index in [0.29, 0.717) is 30.0 Å². The van der Waals surface area contributed by atoms with Crippen molar-refractivity contribution in [1.82, 2.24) is 15.2 Å². The number of likely N-dealkylation sites (tertiary alicyclic amines) is 1. The van der Waals surface area contributed by atoms with Gasteiger partial charge in [0, 0.05) is 43.0 Å². The zero-order valence-corrected chi connectivity index (χ0v) is 19.8. The van der Waals surface area contributed by atoms with Crippen molar-refractivity contribution < 1.29 is 9.18 Å². The number of amides is 1. The quantitative estimate of drug-likeness (QED) is 0.533. The molecule has 1 aliphatic rings. The molecule has 2 heterocycles. The van der Waals surface area contributed by atoms with E-state index in [0.717, 1.165) is 42.0 Å². The Morgan fingerprint density at radius 2 is 1.91 bits per heavy atom. The number of halogens is 2. The van der Waals surface area contributed by atoms with E-state index in [4.69, 9.17) is 11.6 Å². The van der Waals surface area contributed by atoms with E-state index in [-0.39, 0.29) is 11.7 Å². The first-order chi connectivity index (χ1) is 16.4. The average molecular weight is 477 g/mol. The molecule has 0 bridgehead atoms. The van der Waals surface area contributed by atoms with Crippen LogP contribution in [0.1, 0.15) is 45.6 Å². The highest BCUT2D eigenvalue weighted by atomic mass is 35.5. The topological polar surface area (TPSA) is 69.0 Å². The van der Waals surface area contributed by atoms with Crippen LogP contribution in [0.5, 0.6) is 0 Å². The van der Waals surface area contributed by atoms with E-state index >= 15 is 0 Å². The monoisotopic (exact) mass is 476 g/mol. The number of carbonyl (C=O) groups excluding carboxylic acids is 1. The Morgan fingerprint density at radius 3 is 2.62 bits per heavy atom. The Bertz CT molecular complexity index is 1210. The minimum absolute atomic E-state index is 0.192. The molecule has 7 heteroatoms. The molecule has 1 saturated heterocycles. The van der Waals surface area contributed by atoms with Crippen molar-refractivity contribution in [2.24, 2.45) is 0 Å². The molecule has 3 aromatic rings. The maximum absolute atomic E-state index is 13.2. The smallest absolute Gasteiger partial charge is 0.251 e. The lowest BCUT2D eigenvalue weighted by Gasteiger charge is -2.37. The van der Waals surface area contributed by atoms with Crippen LogP contribution in [0.4, 0.5) is 4.39 Å². The normalized spacial score (nSPS) is 15.5. The Labute approximate surface area is 204 Å². The lowest BCUT2D eigenvalue weighted by atomic mass is 9.76. The molecule has 4 rings (SSSR count). The second kappa shape index (κ2) is 10.3. The number of rotatable bonds is 6. The fourth-order valence-electron chi connectivity index (χ4n) is 4.34. The highest BCUT2D eigenvalue weighted by Gasteiger charge is 2.37. The average Bonchev–Trinajstić information content (AvgIpc) is 2.86.